The molecule has 0 atom stereocenters. The molecule has 2 fully saturated rings. The Kier molecular flexibility index (Phi) is 5.61. The molecule has 0 saturated carbocycles. The second kappa shape index (κ2) is 7.27. The van der Waals surface area contributed by atoms with Crippen LogP contribution in [-0.4, -0.2) is 46.4 Å². The van der Waals surface area contributed by atoms with Crippen molar-refractivity contribution in [3.05, 3.63) is 24.3 Å². The smallest absolute Gasteiger partial charge is 0.244 e. The first-order chi connectivity index (χ1) is 10.2. The predicted octanol–water partition coefficient (Wildman–Crippen LogP) is 3.19. The molecule has 0 unspecified atom stereocenters. The molecule has 0 amide bonds. The van der Waals surface area contributed by atoms with Crippen molar-refractivity contribution in [1.29, 1.82) is 0 Å². The summed E-state index contributed by atoms with van der Waals surface area (Å²) >= 11 is 7.07. The molecular formula is C12H16N2O2S5. The number of benzene rings is 1. The van der Waals surface area contributed by atoms with Crippen molar-refractivity contribution in [1.82, 2.24) is 4.31 Å². The topological polar surface area (TPSA) is 40.6 Å². The highest BCUT2D eigenvalue weighted by Gasteiger charge is 2.26. The molecule has 116 valence electrons. The van der Waals surface area contributed by atoms with Crippen LogP contribution in [0.5, 0.6) is 0 Å². The predicted molar refractivity (Wildman–Crippen MR) is 97.5 cm³/mol. The molecule has 2 aliphatic heterocycles. The van der Waals surface area contributed by atoms with Gasteiger partial charge < -0.3 is 4.90 Å². The Morgan fingerprint density at radius 3 is 1.90 bits per heavy atom. The SMILES string of the molecule is O=S(=O)(c1ccc(N2CSCSC2)cc1)N1CSCSC1. The van der Waals surface area contributed by atoms with Gasteiger partial charge in [-0.2, -0.15) is 4.31 Å². The number of thioether (sulfide) groups is 4. The Hall–Kier alpha value is 0.330. The lowest BCUT2D eigenvalue weighted by molar-refractivity contribution is 0.503. The summed E-state index contributed by atoms with van der Waals surface area (Å²) in [6.45, 7) is 0. The van der Waals surface area contributed by atoms with E-state index in [2.05, 4.69) is 4.90 Å². The van der Waals surface area contributed by atoms with Gasteiger partial charge in [0.1, 0.15) is 0 Å². The molecule has 0 aromatic heterocycles. The van der Waals surface area contributed by atoms with Crippen molar-refractivity contribution in [3.63, 3.8) is 0 Å². The minimum Gasteiger partial charge on any atom is -0.353 e. The van der Waals surface area contributed by atoms with E-state index in [0.29, 0.717) is 16.6 Å². The molecular weight excluding hydrogens is 364 g/mol. The molecule has 0 N–H and O–H groups in total. The first kappa shape index (κ1) is 16.2. The first-order valence-electron chi connectivity index (χ1n) is 6.34. The summed E-state index contributed by atoms with van der Waals surface area (Å²) in [5.74, 6) is 3.05. The van der Waals surface area contributed by atoms with Gasteiger partial charge in [0.05, 0.1) is 28.4 Å². The normalized spacial score (nSPS) is 21.4. The summed E-state index contributed by atoms with van der Waals surface area (Å²) in [4.78, 5) is 2.66. The van der Waals surface area contributed by atoms with E-state index in [-0.39, 0.29) is 0 Å². The maximum absolute atomic E-state index is 12.6. The third-order valence-electron chi connectivity index (χ3n) is 3.14. The van der Waals surface area contributed by atoms with Gasteiger partial charge in [-0.25, -0.2) is 8.42 Å². The minimum atomic E-state index is -3.35. The zero-order valence-electron chi connectivity index (χ0n) is 11.3. The number of hydrogen-bond donors (Lipinski definition) is 0. The van der Waals surface area contributed by atoms with Gasteiger partial charge in [-0.05, 0) is 24.3 Å². The van der Waals surface area contributed by atoms with Gasteiger partial charge in [-0.1, -0.05) is 0 Å². The van der Waals surface area contributed by atoms with Crippen LogP contribution >= 0.6 is 47.0 Å². The summed E-state index contributed by atoms with van der Waals surface area (Å²) in [5, 5.41) is 2.10. The third-order valence-corrected chi connectivity index (χ3v) is 9.91. The van der Waals surface area contributed by atoms with E-state index in [1.54, 1.807) is 40.0 Å². The highest BCUT2D eigenvalue weighted by atomic mass is 32.2. The molecule has 0 radical (unpaired) electrons. The van der Waals surface area contributed by atoms with Crippen LogP contribution in [0.1, 0.15) is 0 Å². The Morgan fingerprint density at radius 2 is 1.33 bits per heavy atom. The van der Waals surface area contributed by atoms with Crippen molar-refractivity contribution in [2.75, 3.05) is 38.6 Å². The Balaban J connectivity index is 1.76. The second-order valence-electron chi connectivity index (χ2n) is 4.56. The molecule has 4 nitrogen and oxygen atoms in total. The second-order valence-corrected chi connectivity index (χ2v) is 11.0. The zero-order chi connectivity index (χ0) is 14.7. The lowest BCUT2D eigenvalue weighted by atomic mass is 10.3. The van der Waals surface area contributed by atoms with Crippen LogP contribution in [0.15, 0.2) is 29.2 Å². The van der Waals surface area contributed by atoms with Crippen molar-refractivity contribution in [3.8, 4) is 0 Å². The molecule has 21 heavy (non-hydrogen) atoms. The Bertz CT molecular complexity index is 566. The fourth-order valence-corrected chi connectivity index (χ4v) is 8.24. The maximum atomic E-state index is 12.6. The van der Waals surface area contributed by atoms with Gasteiger partial charge in [0.25, 0.3) is 0 Å². The Labute approximate surface area is 142 Å². The van der Waals surface area contributed by atoms with E-state index in [1.807, 2.05) is 35.7 Å². The molecule has 2 aliphatic rings. The summed E-state index contributed by atoms with van der Waals surface area (Å²) in [6.07, 6.45) is 0. The maximum Gasteiger partial charge on any atom is 0.244 e. The van der Waals surface area contributed by atoms with Crippen molar-refractivity contribution in [2.24, 2.45) is 0 Å². The van der Waals surface area contributed by atoms with Crippen LogP contribution in [0.4, 0.5) is 5.69 Å². The van der Waals surface area contributed by atoms with Gasteiger partial charge in [-0.3, -0.25) is 0 Å². The van der Waals surface area contributed by atoms with Gasteiger partial charge in [0.2, 0.25) is 10.0 Å². The molecule has 2 heterocycles. The number of sulfonamides is 1. The van der Waals surface area contributed by atoms with Gasteiger partial charge in [0.15, 0.2) is 0 Å². The molecule has 2 saturated heterocycles. The largest absolute Gasteiger partial charge is 0.353 e. The number of rotatable bonds is 3. The summed E-state index contributed by atoms with van der Waals surface area (Å²) in [6, 6.07) is 7.31. The van der Waals surface area contributed by atoms with Crippen LogP contribution in [0.25, 0.3) is 0 Å². The van der Waals surface area contributed by atoms with Gasteiger partial charge in [-0.15, -0.1) is 47.0 Å². The number of hydrogen-bond acceptors (Lipinski definition) is 7. The highest BCUT2D eigenvalue weighted by Crippen LogP contribution is 2.30. The van der Waals surface area contributed by atoms with Crippen LogP contribution < -0.4 is 4.90 Å². The van der Waals surface area contributed by atoms with E-state index >= 15 is 0 Å². The lowest BCUT2D eigenvalue weighted by Gasteiger charge is -2.28. The summed E-state index contributed by atoms with van der Waals surface area (Å²) in [7, 11) is -3.35. The van der Waals surface area contributed by atoms with E-state index in [9.17, 15) is 8.42 Å². The van der Waals surface area contributed by atoms with E-state index in [1.165, 1.54) is 0 Å². The summed E-state index contributed by atoms with van der Waals surface area (Å²) < 4.78 is 26.7. The minimum absolute atomic E-state index is 0.395. The van der Waals surface area contributed by atoms with Crippen LogP contribution in [0, 0.1) is 0 Å². The average molecular weight is 381 g/mol. The highest BCUT2D eigenvalue weighted by molar-refractivity contribution is 8.17. The summed E-state index contributed by atoms with van der Waals surface area (Å²) in [5.41, 5.74) is 1.09. The molecule has 3 rings (SSSR count). The molecule has 1 aromatic rings. The van der Waals surface area contributed by atoms with Crippen LogP contribution in [-0.2, 0) is 10.0 Å². The standard InChI is InChI=1S/C12H16N2O2S5/c15-21(16,14-7-19-10-20-8-14)12-3-1-11(2-4-12)13-5-17-9-18-6-13/h1-4H,5-10H2. The first-order valence-corrected chi connectivity index (χ1v) is 12.4. The monoisotopic (exact) mass is 380 g/mol. The molecule has 9 heteroatoms. The quantitative estimate of drug-likeness (QED) is 0.797. The average Bonchev–Trinajstić information content (AvgIpc) is 2.57. The van der Waals surface area contributed by atoms with Crippen molar-refractivity contribution in [2.45, 2.75) is 4.90 Å². The van der Waals surface area contributed by atoms with E-state index in [4.69, 9.17) is 0 Å². The van der Waals surface area contributed by atoms with Gasteiger partial charge >= 0.3 is 0 Å². The fourth-order valence-electron chi connectivity index (χ4n) is 2.03. The molecule has 0 aliphatic carbocycles. The third kappa shape index (κ3) is 3.81. The lowest BCUT2D eigenvalue weighted by Crippen LogP contribution is -2.32. The molecule has 0 spiro atoms. The van der Waals surface area contributed by atoms with Crippen molar-refractivity contribution < 1.29 is 8.42 Å². The van der Waals surface area contributed by atoms with Crippen molar-refractivity contribution >= 4 is 62.8 Å². The van der Waals surface area contributed by atoms with E-state index in [0.717, 1.165) is 27.6 Å². The van der Waals surface area contributed by atoms with Crippen LogP contribution in [0.3, 0.4) is 0 Å². The molecule has 0 bridgehead atoms. The number of nitrogens with zero attached hydrogens (tertiary/aromatic N) is 2. The zero-order valence-corrected chi connectivity index (χ0v) is 15.4. The van der Waals surface area contributed by atoms with E-state index < -0.39 is 10.0 Å². The Morgan fingerprint density at radius 1 is 0.810 bits per heavy atom. The number of anilines is 1. The fraction of sp³-hybridized carbons (Fsp3) is 0.500. The molecule has 1 aromatic carbocycles. The van der Waals surface area contributed by atoms with Crippen LogP contribution in [0.2, 0.25) is 0 Å². The van der Waals surface area contributed by atoms with Gasteiger partial charge in [0, 0.05) is 15.9 Å².